The SMILES string of the molecule is COc1ccc(OC)c(-c2c([C@@H]3c4ccccc4C(=O)N3Cc3ccc(C)o3)c3ccccc3n2C)c1. The number of para-hydroxylation sites is 1. The molecule has 0 saturated carbocycles. The molecule has 186 valence electrons. The lowest BCUT2D eigenvalue weighted by Crippen LogP contribution is -2.28. The fourth-order valence-electron chi connectivity index (χ4n) is 5.61. The molecule has 0 fully saturated rings. The van der Waals surface area contributed by atoms with Gasteiger partial charge in [-0.1, -0.05) is 36.4 Å². The van der Waals surface area contributed by atoms with Gasteiger partial charge in [0.25, 0.3) is 5.91 Å². The molecule has 6 rings (SSSR count). The average molecular weight is 493 g/mol. The van der Waals surface area contributed by atoms with Crippen LogP contribution in [0, 0.1) is 6.92 Å². The number of aromatic nitrogens is 1. The minimum atomic E-state index is -0.314. The summed E-state index contributed by atoms with van der Waals surface area (Å²) in [5.41, 5.74) is 5.70. The monoisotopic (exact) mass is 492 g/mol. The second-order valence-corrected chi connectivity index (χ2v) is 9.34. The Hall–Kier alpha value is -4.45. The van der Waals surface area contributed by atoms with E-state index in [0.717, 1.165) is 56.3 Å². The summed E-state index contributed by atoms with van der Waals surface area (Å²) in [5.74, 6) is 3.04. The van der Waals surface area contributed by atoms with E-state index in [1.165, 1.54) is 0 Å². The molecule has 0 spiro atoms. The van der Waals surface area contributed by atoms with Crippen molar-refractivity contribution in [3.63, 3.8) is 0 Å². The van der Waals surface area contributed by atoms with Gasteiger partial charge in [-0.05, 0) is 55.0 Å². The Morgan fingerprint density at radius 3 is 2.43 bits per heavy atom. The minimum absolute atomic E-state index is 0.00820. The lowest BCUT2D eigenvalue weighted by Gasteiger charge is -2.26. The van der Waals surface area contributed by atoms with Crippen LogP contribution in [0.5, 0.6) is 11.5 Å². The molecule has 1 atom stereocenters. The number of carbonyl (C=O) groups is 1. The summed E-state index contributed by atoms with van der Waals surface area (Å²) in [6.07, 6.45) is 0. The molecular formula is C31H28N2O4. The number of fused-ring (bicyclic) bond motifs is 2. The zero-order valence-electron chi connectivity index (χ0n) is 21.3. The Kier molecular flexibility index (Phi) is 5.52. The molecule has 1 aliphatic heterocycles. The van der Waals surface area contributed by atoms with E-state index in [4.69, 9.17) is 13.9 Å². The smallest absolute Gasteiger partial charge is 0.255 e. The standard InChI is InChI=1S/C31H28N2O4/c1-19-13-14-21(37-19)18-33-30(22-9-5-6-10-23(22)31(33)34)28-24-11-7-8-12-26(24)32(2)29(28)25-17-20(35-3)15-16-27(25)36-4/h5-17,30H,18H2,1-4H3/t30-/m0/s1. The number of amides is 1. The number of hydrogen-bond acceptors (Lipinski definition) is 4. The van der Waals surface area contributed by atoms with Gasteiger partial charge in [-0.2, -0.15) is 0 Å². The molecule has 0 unspecified atom stereocenters. The molecule has 37 heavy (non-hydrogen) atoms. The largest absolute Gasteiger partial charge is 0.497 e. The van der Waals surface area contributed by atoms with Crippen LogP contribution in [-0.2, 0) is 13.6 Å². The van der Waals surface area contributed by atoms with E-state index >= 15 is 0 Å². The van der Waals surface area contributed by atoms with E-state index in [-0.39, 0.29) is 11.9 Å². The second-order valence-electron chi connectivity index (χ2n) is 9.34. The second kappa shape index (κ2) is 8.89. The third-order valence-corrected chi connectivity index (χ3v) is 7.26. The highest BCUT2D eigenvalue weighted by Gasteiger charge is 2.41. The fourth-order valence-corrected chi connectivity index (χ4v) is 5.61. The molecule has 1 amide bonds. The highest BCUT2D eigenvalue weighted by Crippen LogP contribution is 2.49. The molecule has 3 aromatic carbocycles. The van der Waals surface area contributed by atoms with Crippen molar-refractivity contribution in [1.82, 2.24) is 9.47 Å². The maximum atomic E-state index is 13.8. The first-order chi connectivity index (χ1) is 18.0. The highest BCUT2D eigenvalue weighted by atomic mass is 16.5. The van der Waals surface area contributed by atoms with Gasteiger partial charge >= 0.3 is 0 Å². The Bertz CT molecular complexity index is 1640. The van der Waals surface area contributed by atoms with Crippen LogP contribution in [0.4, 0.5) is 0 Å². The van der Waals surface area contributed by atoms with Crippen LogP contribution in [0.25, 0.3) is 22.2 Å². The number of benzene rings is 3. The zero-order valence-corrected chi connectivity index (χ0v) is 21.3. The van der Waals surface area contributed by atoms with E-state index in [1.54, 1.807) is 14.2 Å². The first-order valence-electron chi connectivity index (χ1n) is 12.3. The summed E-state index contributed by atoms with van der Waals surface area (Å²) in [5, 5.41) is 1.08. The van der Waals surface area contributed by atoms with Crippen LogP contribution in [0.1, 0.15) is 39.0 Å². The summed E-state index contributed by atoms with van der Waals surface area (Å²) >= 11 is 0. The predicted octanol–water partition coefficient (Wildman–Crippen LogP) is 6.51. The number of rotatable bonds is 6. The molecule has 0 radical (unpaired) electrons. The maximum absolute atomic E-state index is 13.8. The summed E-state index contributed by atoms with van der Waals surface area (Å²) < 4.78 is 19.5. The fraction of sp³-hybridized carbons (Fsp3) is 0.194. The molecule has 0 bridgehead atoms. The zero-order chi connectivity index (χ0) is 25.7. The number of carbonyl (C=O) groups excluding carboxylic acids is 1. The Morgan fingerprint density at radius 1 is 0.892 bits per heavy atom. The minimum Gasteiger partial charge on any atom is -0.497 e. The number of aryl methyl sites for hydroxylation is 2. The molecule has 6 nitrogen and oxygen atoms in total. The van der Waals surface area contributed by atoms with Crippen molar-refractivity contribution in [2.24, 2.45) is 7.05 Å². The average Bonchev–Trinajstić information content (AvgIpc) is 3.56. The molecule has 5 aromatic rings. The van der Waals surface area contributed by atoms with Gasteiger partial charge in [-0.3, -0.25) is 4.79 Å². The number of nitrogens with zero attached hydrogens (tertiary/aromatic N) is 2. The van der Waals surface area contributed by atoms with Crippen LogP contribution in [-0.4, -0.2) is 29.6 Å². The van der Waals surface area contributed by atoms with Crippen molar-refractivity contribution in [3.05, 3.63) is 107 Å². The van der Waals surface area contributed by atoms with Gasteiger partial charge in [0, 0.05) is 34.6 Å². The topological polar surface area (TPSA) is 56.8 Å². The molecule has 3 heterocycles. The summed E-state index contributed by atoms with van der Waals surface area (Å²) in [6, 6.07) is 25.6. The number of hydrogen-bond donors (Lipinski definition) is 0. The first kappa shape index (κ1) is 23.0. The van der Waals surface area contributed by atoms with Crippen LogP contribution < -0.4 is 9.47 Å². The van der Waals surface area contributed by atoms with Gasteiger partial charge in [-0.25, -0.2) is 0 Å². The summed E-state index contributed by atoms with van der Waals surface area (Å²) in [7, 11) is 5.39. The van der Waals surface area contributed by atoms with Gasteiger partial charge in [0.1, 0.15) is 23.0 Å². The number of ether oxygens (including phenoxy) is 2. The Balaban J connectivity index is 1.66. The van der Waals surface area contributed by atoms with Crippen LogP contribution >= 0.6 is 0 Å². The van der Waals surface area contributed by atoms with Crippen molar-refractivity contribution in [2.75, 3.05) is 14.2 Å². The predicted molar refractivity (Wildman–Crippen MR) is 143 cm³/mol. The van der Waals surface area contributed by atoms with Crippen LogP contribution in [0.3, 0.4) is 0 Å². The third kappa shape index (κ3) is 3.59. The van der Waals surface area contributed by atoms with E-state index in [0.29, 0.717) is 12.1 Å². The maximum Gasteiger partial charge on any atom is 0.255 e. The van der Waals surface area contributed by atoms with Gasteiger partial charge in [0.15, 0.2) is 0 Å². The first-order valence-corrected chi connectivity index (χ1v) is 12.3. The van der Waals surface area contributed by atoms with E-state index in [1.807, 2.05) is 72.5 Å². The molecule has 0 saturated heterocycles. The molecule has 1 aliphatic rings. The van der Waals surface area contributed by atoms with Gasteiger partial charge < -0.3 is 23.4 Å². The number of methoxy groups -OCH3 is 2. The van der Waals surface area contributed by atoms with Crippen LogP contribution in [0.2, 0.25) is 0 Å². The third-order valence-electron chi connectivity index (χ3n) is 7.26. The van der Waals surface area contributed by atoms with Crippen molar-refractivity contribution in [3.8, 4) is 22.8 Å². The van der Waals surface area contributed by atoms with E-state index in [9.17, 15) is 4.79 Å². The lowest BCUT2D eigenvalue weighted by atomic mass is 9.92. The lowest BCUT2D eigenvalue weighted by molar-refractivity contribution is 0.0723. The van der Waals surface area contributed by atoms with Gasteiger partial charge in [0.2, 0.25) is 0 Å². The van der Waals surface area contributed by atoms with Crippen LogP contribution in [0.15, 0.2) is 83.3 Å². The molecular weight excluding hydrogens is 464 g/mol. The van der Waals surface area contributed by atoms with Gasteiger partial charge in [0.05, 0.1) is 32.5 Å². The van der Waals surface area contributed by atoms with Crippen molar-refractivity contribution in [2.45, 2.75) is 19.5 Å². The van der Waals surface area contributed by atoms with Gasteiger partial charge in [-0.15, -0.1) is 0 Å². The van der Waals surface area contributed by atoms with E-state index < -0.39 is 0 Å². The Morgan fingerprint density at radius 2 is 1.68 bits per heavy atom. The van der Waals surface area contributed by atoms with Crippen molar-refractivity contribution in [1.29, 1.82) is 0 Å². The molecule has 0 aliphatic carbocycles. The van der Waals surface area contributed by atoms with E-state index in [2.05, 4.69) is 29.8 Å². The van der Waals surface area contributed by atoms with Crippen molar-refractivity contribution >= 4 is 16.8 Å². The normalized spacial score (nSPS) is 14.9. The number of furan rings is 1. The molecule has 6 heteroatoms. The summed E-state index contributed by atoms with van der Waals surface area (Å²) in [6.45, 7) is 2.28. The summed E-state index contributed by atoms with van der Waals surface area (Å²) in [4.78, 5) is 15.8. The highest BCUT2D eigenvalue weighted by molar-refractivity contribution is 6.02. The quantitative estimate of drug-likeness (QED) is 0.271. The van der Waals surface area contributed by atoms with Crippen molar-refractivity contribution < 1.29 is 18.7 Å². The molecule has 0 N–H and O–H groups in total. The Labute approximate surface area is 215 Å². The molecule has 2 aromatic heterocycles.